The molecule has 5 rings (SSSR count). The van der Waals surface area contributed by atoms with Gasteiger partial charge >= 0.3 is 0 Å². The second-order valence-electron chi connectivity index (χ2n) is 9.22. The van der Waals surface area contributed by atoms with Crippen LogP contribution in [0.2, 0.25) is 0 Å². The highest BCUT2D eigenvalue weighted by Crippen LogP contribution is 2.39. The van der Waals surface area contributed by atoms with E-state index in [4.69, 9.17) is 4.74 Å². The Kier molecular flexibility index (Phi) is 5.37. The zero-order chi connectivity index (χ0) is 18.9. The third-order valence-corrected chi connectivity index (χ3v) is 7.14. The van der Waals surface area contributed by atoms with Crippen molar-refractivity contribution in [2.24, 2.45) is 17.8 Å². The van der Waals surface area contributed by atoms with Crippen molar-refractivity contribution >= 4 is 11.6 Å². The van der Waals surface area contributed by atoms with E-state index in [1.54, 1.807) is 0 Å². The highest BCUT2D eigenvalue weighted by Gasteiger charge is 2.41. The molecule has 4 atom stereocenters. The molecule has 3 saturated heterocycles. The summed E-state index contributed by atoms with van der Waals surface area (Å²) in [5, 5.41) is 12.3. The first-order valence-electron chi connectivity index (χ1n) is 11.0. The third-order valence-electron chi connectivity index (χ3n) is 7.14. The molecule has 4 aliphatic rings. The van der Waals surface area contributed by atoms with Gasteiger partial charge in [0.1, 0.15) is 12.0 Å². The average molecular weight is 390 g/mol. The Bertz CT molecular complexity index is 639. The lowest BCUT2D eigenvalue weighted by atomic mass is 10.00. The van der Waals surface area contributed by atoms with E-state index in [9.17, 15) is 4.39 Å². The maximum Gasteiger partial charge on any atom is 0.151 e. The molecule has 0 spiro atoms. The first kappa shape index (κ1) is 18.6. The fourth-order valence-corrected chi connectivity index (χ4v) is 5.66. The molecule has 0 aromatic carbocycles. The summed E-state index contributed by atoms with van der Waals surface area (Å²) in [6, 6.07) is 4.47. The molecule has 0 amide bonds. The molecule has 4 fully saturated rings. The lowest BCUT2D eigenvalue weighted by molar-refractivity contribution is 0.0545. The fourth-order valence-electron chi connectivity index (χ4n) is 5.66. The van der Waals surface area contributed by atoms with Gasteiger partial charge in [-0.15, -0.1) is 10.2 Å². The molecule has 1 aromatic heterocycles. The SMILES string of the molecule is F[C@H]1CCN(c2ccc(N[C@H]3C[C@@H]4CN(CC5CCOCC5)C[C@@H]4C3)nn2)C1. The van der Waals surface area contributed by atoms with Gasteiger partial charge in [-0.1, -0.05) is 0 Å². The quantitative estimate of drug-likeness (QED) is 0.835. The summed E-state index contributed by atoms with van der Waals surface area (Å²) in [4.78, 5) is 4.68. The second-order valence-corrected chi connectivity index (χ2v) is 9.22. The minimum absolute atomic E-state index is 0.442. The maximum absolute atomic E-state index is 13.4. The second kappa shape index (κ2) is 8.11. The number of anilines is 2. The van der Waals surface area contributed by atoms with Crippen molar-refractivity contribution < 1.29 is 9.13 Å². The summed E-state index contributed by atoms with van der Waals surface area (Å²) >= 11 is 0. The van der Waals surface area contributed by atoms with Crippen LogP contribution in [0.4, 0.5) is 16.0 Å². The van der Waals surface area contributed by atoms with Gasteiger partial charge in [0.05, 0.1) is 6.54 Å². The van der Waals surface area contributed by atoms with E-state index in [0.717, 1.165) is 49.1 Å². The van der Waals surface area contributed by atoms with Crippen LogP contribution in [0.25, 0.3) is 0 Å². The number of hydrogen-bond donors (Lipinski definition) is 1. The van der Waals surface area contributed by atoms with Crippen molar-refractivity contribution in [3.8, 4) is 0 Å². The van der Waals surface area contributed by atoms with Gasteiger partial charge in [-0.25, -0.2) is 4.39 Å². The van der Waals surface area contributed by atoms with Crippen molar-refractivity contribution in [2.45, 2.75) is 44.3 Å². The van der Waals surface area contributed by atoms with Crippen LogP contribution in [0, 0.1) is 17.8 Å². The monoisotopic (exact) mass is 389 g/mol. The van der Waals surface area contributed by atoms with Crippen LogP contribution in [0.15, 0.2) is 12.1 Å². The van der Waals surface area contributed by atoms with Crippen LogP contribution in [0.5, 0.6) is 0 Å². The smallest absolute Gasteiger partial charge is 0.151 e. The van der Waals surface area contributed by atoms with E-state index < -0.39 is 6.17 Å². The van der Waals surface area contributed by atoms with Crippen molar-refractivity contribution in [1.29, 1.82) is 0 Å². The van der Waals surface area contributed by atoms with Gasteiger partial charge in [-0.05, 0) is 62.0 Å². The molecule has 1 N–H and O–H groups in total. The summed E-state index contributed by atoms with van der Waals surface area (Å²) in [5.41, 5.74) is 0. The number of nitrogens with zero attached hydrogens (tertiary/aromatic N) is 4. The predicted octanol–water partition coefficient (Wildman–Crippen LogP) is 2.57. The number of halogens is 1. The molecular weight excluding hydrogens is 357 g/mol. The molecule has 4 heterocycles. The highest BCUT2D eigenvalue weighted by molar-refractivity contribution is 5.45. The van der Waals surface area contributed by atoms with E-state index in [-0.39, 0.29) is 0 Å². The highest BCUT2D eigenvalue weighted by atomic mass is 19.1. The molecular formula is C21H32FN5O. The molecule has 1 aromatic rings. The lowest BCUT2D eigenvalue weighted by Gasteiger charge is -2.27. The molecule has 0 bridgehead atoms. The Morgan fingerprint density at radius 2 is 1.82 bits per heavy atom. The van der Waals surface area contributed by atoms with Gasteiger partial charge in [0.25, 0.3) is 0 Å². The van der Waals surface area contributed by atoms with Crippen molar-refractivity contribution in [3.63, 3.8) is 0 Å². The third kappa shape index (κ3) is 4.10. The Balaban J connectivity index is 1.09. The zero-order valence-corrected chi connectivity index (χ0v) is 16.6. The maximum atomic E-state index is 13.4. The summed E-state index contributed by atoms with van der Waals surface area (Å²) in [6.07, 6.45) is 4.78. The summed E-state index contributed by atoms with van der Waals surface area (Å²) in [7, 11) is 0. The molecule has 6 nitrogen and oxygen atoms in total. The normalized spacial score (nSPS) is 34.1. The molecule has 28 heavy (non-hydrogen) atoms. The number of ether oxygens (including phenoxy) is 1. The minimum atomic E-state index is -0.733. The van der Waals surface area contributed by atoms with E-state index >= 15 is 0 Å². The first-order valence-corrected chi connectivity index (χ1v) is 11.0. The Hall–Kier alpha value is -1.47. The van der Waals surface area contributed by atoms with Crippen LogP contribution in [0.1, 0.15) is 32.1 Å². The van der Waals surface area contributed by atoms with Gasteiger partial charge in [0.2, 0.25) is 0 Å². The lowest BCUT2D eigenvalue weighted by Crippen LogP contribution is -2.32. The Morgan fingerprint density at radius 1 is 1.04 bits per heavy atom. The first-order chi connectivity index (χ1) is 13.7. The van der Waals surface area contributed by atoms with Gasteiger partial charge in [0, 0.05) is 45.4 Å². The number of nitrogens with one attached hydrogen (secondary N) is 1. The van der Waals surface area contributed by atoms with Crippen LogP contribution >= 0.6 is 0 Å². The number of alkyl halides is 1. The number of fused-ring (bicyclic) bond motifs is 1. The number of likely N-dealkylation sites (tertiary alicyclic amines) is 1. The average Bonchev–Trinajstić information content (AvgIpc) is 3.38. The van der Waals surface area contributed by atoms with Crippen molar-refractivity contribution in [1.82, 2.24) is 15.1 Å². The number of hydrogen-bond acceptors (Lipinski definition) is 6. The van der Waals surface area contributed by atoms with Gasteiger partial charge in [-0.2, -0.15) is 0 Å². The van der Waals surface area contributed by atoms with Crippen LogP contribution in [-0.4, -0.2) is 73.2 Å². The topological polar surface area (TPSA) is 53.5 Å². The molecule has 7 heteroatoms. The summed E-state index contributed by atoms with van der Waals surface area (Å²) in [5.74, 6) is 4.10. The minimum Gasteiger partial charge on any atom is -0.381 e. The number of rotatable bonds is 5. The summed E-state index contributed by atoms with van der Waals surface area (Å²) in [6.45, 7) is 6.84. The van der Waals surface area contributed by atoms with Crippen LogP contribution < -0.4 is 10.2 Å². The predicted molar refractivity (Wildman–Crippen MR) is 107 cm³/mol. The van der Waals surface area contributed by atoms with Crippen LogP contribution in [0.3, 0.4) is 0 Å². The number of aromatic nitrogens is 2. The summed E-state index contributed by atoms with van der Waals surface area (Å²) < 4.78 is 18.9. The van der Waals surface area contributed by atoms with Gasteiger partial charge in [0.15, 0.2) is 5.82 Å². The molecule has 0 radical (unpaired) electrons. The zero-order valence-electron chi connectivity index (χ0n) is 16.6. The van der Waals surface area contributed by atoms with Crippen LogP contribution in [-0.2, 0) is 4.74 Å². The van der Waals surface area contributed by atoms with E-state index in [2.05, 4.69) is 20.4 Å². The Morgan fingerprint density at radius 3 is 2.46 bits per heavy atom. The standard InChI is InChI=1S/C21H32FN5O/c22-18-3-6-27(14-18)21-2-1-20(24-25-21)23-19-9-16-12-26(13-17(16)10-19)11-15-4-7-28-8-5-15/h1-2,15-19H,3-14H2,(H,23,24)/t16-,17+,18-,19+/m0/s1. The van der Waals surface area contributed by atoms with Crippen molar-refractivity contribution in [3.05, 3.63) is 12.1 Å². The van der Waals surface area contributed by atoms with Crippen molar-refractivity contribution in [2.75, 3.05) is 56.2 Å². The molecule has 1 saturated carbocycles. The van der Waals surface area contributed by atoms with E-state index in [1.807, 2.05) is 17.0 Å². The van der Waals surface area contributed by atoms with E-state index in [1.165, 1.54) is 45.3 Å². The fraction of sp³-hybridized carbons (Fsp3) is 0.810. The largest absolute Gasteiger partial charge is 0.381 e. The molecule has 0 unspecified atom stereocenters. The molecule has 3 aliphatic heterocycles. The Labute approximate surface area is 166 Å². The van der Waals surface area contributed by atoms with E-state index in [0.29, 0.717) is 19.0 Å². The van der Waals surface area contributed by atoms with Gasteiger partial charge in [-0.3, -0.25) is 0 Å². The molecule has 154 valence electrons. The van der Waals surface area contributed by atoms with Gasteiger partial charge < -0.3 is 19.9 Å². The molecule has 1 aliphatic carbocycles.